The van der Waals surface area contributed by atoms with Crippen molar-refractivity contribution < 1.29 is 38.0 Å². The molecular weight excluding hydrogens is 514 g/mol. The number of carbonyl (C=O) groups is 4. The van der Waals surface area contributed by atoms with E-state index in [4.69, 9.17) is 14.2 Å². The highest BCUT2D eigenvalue weighted by molar-refractivity contribution is 6.29. The summed E-state index contributed by atoms with van der Waals surface area (Å²) in [7, 11) is 4.49. The second kappa shape index (κ2) is 12.1. The van der Waals surface area contributed by atoms with Crippen molar-refractivity contribution in [2.24, 2.45) is 0 Å². The molecule has 1 aliphatic carbocycles. The molecule has 2 aromatic carbocycles. The van der Waals surface area contributed by atoms with Crippen LogP contribution in [0.5, 0.6) is 5.75 Å². The van der Waals surface area contributed by atoms with Gasteiger partial charge in [-0.1, -0.05) is 12.1 Å². The monoisotopic (exact) mass is 546 g/mol. The molecule has 10 heteroatoms. The van der Waals surface area contributed by atoms with Gasteiger partial charge in [-0.25, -0.2) is 4.79 Å². The minimum Gasteiger partial charge on any atom is -0.498 e. The molecule has 2 aromatic rings. The lowest BCUT2D eigenvalue weighted by Crippen LogP contribution is -2.51. The number of allylic oxidation sites excluding steroid dienone is 1. The van der Waals surface area contributed by atoms with Crippen LogP contribution in [0.1, 0.15) is 45.7 Å². The van der Waals surface area contributed by atoms with Crippen LogP contribution in [-0.2, 0) is 27.4 Å². The average Bonchev–Trinajstić information content (AvgIpc) is 2.96. The Labute approximate surface area is 232 Å². The Hall–Kier alpha value is -4.57. The Balaban J connectivity index is 1.75. The molecule has 40 heavy (non-hydrogen) atoms. The smallest absolute Gasteiger partial charge is 0.498 e. The highest BCUT2D eigenvalue weighted by Crippen LogP contribution is 2.28. The van der Waals surface area contributed by atoms with Crippen molar-refractivity contribution in [3.8, 4) is 5.75 Å². The van der Waals surface area contributed by atoms with Gasteiger partial charge in [0.25, 0.3) is 5.91 Å². The first-order chi connectivity index (χ1) is 19.2. The van der Waals surface area contributed by atoms with Crippen LogP contribution in [0.2, 0.25) is 0 Å². The summed E-state index contributed by atoms with van der Waals surface area (Å²) in [6, 6.07) is 11.1. The van der Waals surface area contributed by atoms with Crippen molar-refractivity contribution in [3.05, 3.63) is 88.2 Å². The molecule has 0 radical (unpaired) electrons. The second-order valence-corrected chi connectivity index (χ2v) is 9.65. The first kappa shape index (κ1) is 28.4. The molecule has 4 rings (SSSR count). The molecule has 0 saturated heterocycles. The lowest BCUT2D eigenvalue weighted by atomic mass is 9.96. The van der Waals surface area contributed by atoms with E-state index in [2.05, 4.69) is 5.32 Å². The van der Waals surface area contributed by atoms with Gasteiger partial charge in [-0.3, -0.25) is 9.59 Å². The summed E-state index contributed by atoms with van der Waals surface area (Å²) < 4.78 is 17.9. The molecule has 0 aromatic heterocycles. The zero-order chi connectivity index (χ0) is 29.0. The first-order valence-corrected chi connectivity index (χ1v) is 12.7. The standard InChI is InChI=1S/C30H31N3O7/c1-18(2)31-28(35)21-9-6-19(7-10-21)15-33-29(36)23-13-26(39-4)27(40-5)14-24(23)32(30(33)37)16-22-12-20(17-34)8-11-25(22)38-3/h6-14,17-18,26H,15-16H2,1-5H3/p+1. The summed E-state index contributed by atoms with van der Waals surface area (Å²) >= 11 is 0. The van der Waals surface area contributed by atoms with E-state index in [0.29, 0.717) is 45.8 Å². The van der Waals surface area contributed by atoms with Crippen LogP contribution in [0.3, 0.4) is 0 Å². The minimum atomic E-state index is -0.615. The highest BCUT2D eigenvalue weighted by atomic mass is 16.5. The van der Waals surface area contributed by atoms with Gasteiger partial charge in [0.05, 0.1) is 14.2 Å². The Morgan fingerprint density at radius 1 is 1.07 bits per heavy atom. The Morgan fingerprint density at radius 3 is 2.40 bits per heavy atom. The van der Waals surface area contributed by atoms with Gasteiger partial charge in [0, 0.05) is 35.9 Å². The van der Waals surface area contributed by atoms with E-state index in [1.54, 1.807) is 54.6 Å². The van der Waals surface area contributed by atoms with Crippen molar-refractivity contribution in [2.45, 2.75) is 39.1 Å². The summed E-state index contributed by atoms with van der Waals surface area (Å²) in [5, 5.41) is 2.84. The van der Waals surface area contributed by atoms with Gasteiger partial charge in [-0.2, -0.15) is 14.3 Å². The number of fused-ring (bicyclic) bond motifs is 1. The van der Waals surface area contributed by atoms with E-state index in [1.165, 1.54) is 25.9 Å². The molecule has 1 N–H and O–H groups in total. The van der Waals surface area contributed by atoms with Crippen LogP contribution in [0.4, 0.5) is 4.79 Å². The third kappa shape index (κ3) is 5.72. The van der Waals surface area contributed by atoms with Gasteiger partial charge in [-0.15, -0.1) is 0 Å². The number of nitrogens with zero attached hydrogens (tertiary/aromatic N) is 2. The molecule has 0 bridgehead atoms. The van der Waals surface area contributed by atoms with Gasteiger partial charge in [0.2, 0.25) is 0 Å². The lowest BCUT2D eigenvalue weighted by molar-refractivity contribution is -0.453. The minimum absolute atomic E-state index is 0.00887. The predicted molar refractivity (Wildman–Crippen MR) is 146 cm³/mol. The molecule has 1 aliphatic heterocycles. The van der Waals surface area contributed by atoms with Crippen LogP contribution in [0.25, 0.3) is 0 Å². The Kier molecular flexibility index (Phi) is 8.59. The quantitative estimate of drug-likeness (QED) is 0.359. The molecule has 0 fully saturated rings. The van der Waals surface area contributed by atoms with E-state index >= 15 is 0 Å². The number of benzene rings is 2. The zero-order valence-corrected chi connectivity index (χ0v) is 23.1. The van der Waals surface area contributed by atoms with Gasteiger partial charge in [-0.05, 0) is 55.8 Å². The van der Waals surface area contributed by atoms with E-state index < -0.39 is 18.0 Å². The molecule has 208 valence electrons. The van der Waals surface area contributed by atoms with Gasteiger partial charge >= 0.3 is 11.9 Å². The van der Waals surface area contributed by atoms with Gasteiger partial charge in [0.15, 0.2) is 0 Å². The van der Waals surface area contributed by atoms with E-state index in [0.717, 1.165) is 4.90 Å². The lowest BCUT2D eigenvalue weighted by Gasteiger charge is -2.28. The fourth-order valence-electron chi connectivity index (χ4n) is 4.61. The van der Waals surface area contributed by atoms with Crippen LogP contribution in [0.15, 0.2) is 65.9 Å². The normalized spacial score (nSPS) is 16.9. The SMILES string of the molecule is COC1=CC2=[N+](Cc3cc(C=O)ccc3OC)C(=O)N(Cc3ccc(C(=O)NC(C)C)cc3)C(=O)C2=CC1OC. The average molecular weight is 547 g/mol. The Bertz CT molecular complexity index is 1440. The van der Waals surface area contributed by atoms with Crippen molar-refractivity contribution >= 4 is 29.8 Å². The fraction of sp³-hybridized carbons (Fsp3) is 0.300. The number of carbonyl (C=O) groups excluding carboxylic acids is 4. The molecule has 10 nitrogen and oxygen atoms in total. The van der Waals surface area contributed by atoms with Crippen LogP contribution >= 0.6 is 0 Å². The number of ether oxygens (including phenoxy) is 3. The topological polar surface area (TPSA) is 114 Å². The van der Waals surface area contributed by atoms with E-state index in [9.17, 15) is 19.2 Å². The van der Waals surface area contributed by atoms with Crippen LogP contribution in [0, 0.1) is 0 Å². The maximum absolute atomic E-state index is 13.9. The number of nitrogens with one attached hydrogen (secondary N) is 1. The molecule has 1 unspecified atom stereocenters. The number of methoxy groups -OCH3 is 3. The number of aldehydes is 1. The summed E-state index contributed by atoms with van der Waals surface area (Å²) in [5.41, 5.74) is 2.79. The van der Waals surface area contributed by atoms with Crippen molar-refractivity contribution in [1.29, 1.82) is 0 Å². The molecule has 1 atom stereocenters. The van der Waals surface area contributed by atoms with Crippen LogP contribution < -0.4 is 10.1 Å². The number of imide groups is 1. The molecule has 1 heterocycles. The van der Waals surface area contributed by atoms with Crippen molar-refractivity contribution in [1.82, 2.24) is 10.2 Å². The third-order valence-corrected chi connectivity index (χ3v) is 6.62. The fourth-order valence-corrected chi connectivity index (χ4v) is 4.61. The summed E-state index contributed by atoms with van der Waals surface area (Å²) in [6.07, 6.45) is 3.35. The highest BCUT2D eigenvalue weighted by Gasteiger charge is 2.46. The third-order valence-electron chi connectivity index (χ3n) is 6.62. The summed E-state index contributed by atoms with van der Waals surface area (Å²) in [4.78, 5) is 52.5. The van der Waals surface area contributed by atoms with Crippen molar-refractivity contribution in [3.63, 3.8) is 0 Å². The van der Waals surface area contributed by atoms with Crippen LogP contribution in [-0.4, -0.2) is 72.8 Å². The number of hydrogen-bond donors (Lipinski definition) is 1. The first-order valence-electron chi connectivity index (χ1n) is 12.7. The number of amides is 4. The predicted octanol–water partition coefficient (Wildman–Crippen LogP) is 3.25. The van der Waals surface area contributed by atoms with Gasteiger partial charge in [0.1, 0.15) is 48.3 Å². The number of rotatable bonds is 10. The number of hydrogen-bond acceptors (Lipinski definition) is 7. The second-order valence-electron chi connectivity index (χ2n) is 9.65. The molecular formula is C30H32N3O7+. The van der Waals surface area contributed by atoms with Crippen molar-refractivity contribution in [2.75, 3.05) is 21.3 Å². The molecule has 0 saturated carbocycles. The number of urea groups is 1. The Morgan fingerprint density at radius 2 is 1.80 bits per heavy atom. The van der Waals surface area contributed by atoms with E-state index in [1.807, 2.05) is 13.8 Å². The zero-order valence-electron chi connectivity index (χ0n) is 23.1. The molecule has 2 aliphatic rings. The maximum Gasteiger partial charge on any atom is 0.502 e. The maximum atomic E-state index is 13.9. The molecule has 4 amide bonds. The summed E-state index contributed by atoms with van der Waals surface area (Å²) in [5.74, 6) is 0.233. The molecule has 0 spiro atoms. The van der Waals surface area contributed by atoms with E-state index in [-0.39, 0.29) is 30.6 Å². The largest absolute Gasteiger partial charge is 0.502 e. The summed E-state index contributed by atoms with van der Waals surface area (Å²) in [6.45, 7) is 3.76. The van der Waals surface area contributed by atoms with Gasteiger partial charge < -0.3 is 19.5 Å².